The van der Waals surface area contributed by atoms with Crippen molar-refractivity contribution in [2.45, 2.75) is 19.9 Å². The van der Waals surface area contributed by atoms with Crippen LogP contribution in [-0.2, 0) is 0 Å². The first-order valence-corrected chi connectivity index (χ1v) is 9.53. The van der Waals surface area contributed by atoms with Crippen molar-refractivity contribution in [3.05, 3.63) is 75.6 Å². The molecule has 128 valence electrons. The fraction of sp³-hybridized carbons (Fsp3) is 0.150. The zero-order valence-corrected chi connectivity index (χ0v) is 16.2. The molecule has 25 heavy (non-hydrogen) atoms. The van der Waals surface area contributed by atoms with Gasteiger partial charge in [0, 0.05) is 21.3 Å². The molecule has 0 saturated heterocycles. The first-order chi connectivity index (χ1) is 12.0. The molecule has 0 aliphatic carbocycles. The maximum absolute atomic E-state index is 13.1. The van der Waals surface area contributed by atoms with E-state index in [-0.39, 0.29) is 11.9 Å². The number of benzene rings is 2. The van der Waals surface area contributed by atoms with Crippen LogP contribution in [0.4, 0.5) is 5.69 Å². The van der Waals surface area contributed by atoms with Crippen LogP contribution in [0.3, 0.4) is 0 Å². The largest absolute Gasteiger partial charge is 0.305 e. The van der Waals surface area contributed by atoms with Gasteiger partial charge in [-0.3, -0.25) is 4.79 Å². The van der Waals surface area contributed by atoms with Crippen LogP contribution in [-0.4, -0.2) is 11.9 Å². The monoisotopic (exact) mass is 389 g/mol. The van der Waals surface area contributed by atoms with Crippen molar-refractivity contribution in [3.8, 4) is 10.4 Å². The lowest BCUT2D eigenvalue weighted by molar-refractivity contribution is 0.0980. The molecule has 0 aliphatic heterocycles. The molecule has 0 N–H and O–H groups in total. The molecule has 0 spiro atoms. The van der Waals surface area contributed by atoms with Crippen LogP contribution in [0.15, 0.2) is 60.0 Å². The fourth-order valence-electron chi connectivity index (χ4n) is 2.65. The number of nitrogens with zero attached hydrogens (tertiary/aromatic N) is 1. The minimum atomic E-state index is -0.130. The van der Waals surface area contributed by atoms with Crippen LogP contribution < -0.4 is 4.90 Å². The Morgan fingerprint density at radius 3 is 2.40 bits per heavy atom. The van der Waals surface area contributed by atoms with Gasteiger partial charge in [0.15, 0.2) is 0 Å². The van der Waals surface area contributed by atoms with E-state index in [1.54, 1.807) is 34.4 Å². The number of thiophene rings is 1. The average Bonchev–Trinajstić information content (AvgIpc) is 3.05. The quantitative estimate of drug-likeness (QED) is 0.481. The summed E-state index contributed by atoms with van der Waals surface area (Å²) < 4.78 is 0. The van der Waals surface area contributed by atoms with Crippen LogP contribution >= 0.6 is 34.5 Å². The second kappa shape index (κ2) is 7.61. The Balaban J connectivity index is 1.97. The van der Waals surface area contributed by atoms with E-state index < -0.39 is 0 Å². The molecular formula is C20H17Cl2NOS. The molecule has 1 heterocycles. The molecule has 2 aromatic carbocycles. The molecular weight excluding hydrogens is 373 g/mol. The Morgan fingerprint density at radius 2 is 1.76 bits per heavy atom. The highest BCUT2D eigenvalue weighted by Gasteiger charge is 2.24. The minimum absolute atomic E-state index is 0.00234. The zero-order valence-electron chi connectivity index (χ0n) is 13.9. The highest BCUT2D eigenvalue weighted by Crippen LogP contribution is 2.34. The Morgan fingerprint density at radius 1 is 1.04 bits per heavy atom. The lowest BCUT2D eigenvalue weighted by Crippen LogP contribution is -2.36. The van der Waals surface area contributed by atoms with Crippen molar-refractivity contribution in [1.82, 2.24) is 0 Å². The van der Waals surface area contributed by atoms with E-state index in [2.05, 4.69) is 12.1 Å². The SMILES string of the molecule is CC(C)N(C(=O)c1ccc(Cl)cc1Cl)c1csc(-c2ccccc2)c1. The zero-order chi connectivity index (χ0) is 18.0. The van der Waals surface area contributed by atoms with Gasteiger partial charge >= 0.3 is 0 Å². The van der Waals surface area contributed by atoms with E-state index in [0.29, 0.717) is 15.6 Å². The molecule has 0 atom stereocenters. The number of carbonyl (C=O) groups is 1. The second-order valence-corrected chi connectivity index (χ2v) is 7.68. The normalized spacial score (nSPS) is 10.9. The predicted molar refractivity (Wildman–Crippen MR) is 108 cm³/mol. The second-order valence-electron chi connectivity index (χ2n) is 5.93. The van der Waals surface area contributed by atoms with Gasteiger partial charge in [0.25, 0.3) is 5.91 Å². The lowest BCUT2D eigenvalue weighted by atomic mass is 10.1. The van der Waals surface area contributed by atoms with Crippen LogP contribution in [0.1, 0.15) is 24.2 Å². The molecule has 2 nitrogen and oxygen atoms in total. The highest BCUT2D eigenvalue weighted by molar-refractivity contribution is 7.14. The number of hydrogen-bond donors (Lipinski definition) is 0. The minimum Gasteiger partial charge on any atom is -0.305 e. The third kappa shape index (κ3) is 3.90. The van der Waals surface area contributed by atoms with E-state index in [9.17, 15) is 4.79 Å². The number of hydrogen-bond acceptors (Lipinski definition) is 2. The average molecular weight is 390 g/mol. The van der Waals surface area contributed by atoms with Gasteiger partial charge in [0.05, 0.1) is 16.3 Å². The maximum Gasteiger partial charge on any atom is 0.260 e. The number of rotatable bonds is 4. The molecule has 0 unspecified atom stereocenters. The molecule has 5 heteroatoms. The summed E-state index contributed by atoms with van der Waals surface area (Å²) in [5.74, 6) is -0.130. The molecule has 0 aliphatic rings. The van der Waals surface area contributed by atoms with E-state index in [1.807, 2.05) is 43.5 Å². The van der Waals surface area contributed by atoms with Gasteiger partial charge in [-0.1, -0.05) is 53.5 Å². The van der Waals surface area contributed by atoms with Gasteiger partial charge in [-0.15, -0.1) is 11.3 Å². The molecule has 3 aromatic rings. The van der Waals surface area contributed by atoms with Crippen molar-refractivity contribution < 1.29 is 4.79 Å². The Hall–Kier alpha value is -1.81. The summed E-state index contributed by atoms with van der Waals surface area (Å²) >= 11 is 13.8. The van der Waals surface area contributed by atoms with Crippen molar-refractivity contribution in [2.24, 2.45) is 0 Å². The number of anilines is 1. The molecule has 0 fully saturated rings. The molecule has 1 amide bonds. The topological polar surface area (TPSA) is 20.3 Å². The molecule has 0 bridgehead atoms. The smallest absolute Gasteiger partial charge is 0.260 e. The van der Waals surface area contributed by atoms with E-state index in [0.717, 1.165) is 16.1 Å². The van der Waals surface area contributed by atoms with Crippen molar-refractivity contribution >= 4 is 46.1 Å². The summed E-state index contributed by atoms with van der Waals surface area (Å²) in [5, 5.41) is 2.88. The number of amides is 1. The van der Waals surface area contributed by atoms with Crippen LogP contribution in [0.2, 0.25) is 10.0 Å². The molecule has 0 radical (unpaired) electrons. The molecule has 3 rings (SSSR count). The van der Waals surface area contributed by atoms with Gasteiger partial charge in [-0.25, -0.2) is 0 Å². The predicted octanol–water partition coefficient (Wildman–Crippen LogP) is 6.78. The highest BCUT2D eigenvalue weighted by atomic mass is 35.5. The summed E-state index contributed by atoms with van der Waals surface area (Å²) in [6.07, 6.45) is 0. The lowest BCUT2D eigenvalue weighted by Gasteiger charge is -2.26. The summed E-state index contributed by atoms with van der Waals surface area (Å²) in [6.45, 7) is 3.98. The fourth-order valence-corrected chi connectivity index (χ4v) is 4.03. The number of carbonyl (C=O) groups excluding carboxylic acids is 1. The van der Waals surface area contributed by atoms with E-state index >= 15 is 0 Å². The standard InChI is InChI=1S/C20H17Cl2NOS/c1-13(2)23(20(24)17-9-8-15(21)10-18(17)22)16-11-19(25-12-16)14-6-4-3-5-7-14/h3-13H,1-2H3. The maximum atomic E-state index is 13.1. The van der Waals surface area contributed by atoms with Gasteiger partial charge in [-0.05, 0) is 43.7 Å². The van der Waals surface area contributed by atoms with Crippen LogP contribution in [0.25, 0.3) is 10.4 Å². The summed E-state index contributed by atoms with van der Waals surface area (Å²) in [4.78, 5) is 16.0. The van der Waals surface area contributed by atoms with Crippen molar-refractivity contribution in [2.75, 3.05) is 4.90 Å². The van der Waals surface area contributed by atoms with E-state index in [1.165, 1.54) is 0 Å². The molecule has 1 aromatic heterocycles. The van der Waals surface area contributed by atoms with E-state index in [4.69, 9.17) is 23.2 Å². The third-order valence-electron chi connectivity index (χ3n) is 3.82. The van der Waals surface area contributed by atoms with Gasteiger partial charge < -0.3 is 4.90 Å². The number of halogens is 2. The molecule has 0 saturated carbocycles. The first-order valence-electron chi connectivity index (χ1n) is 7.90. The van der Waals surface area contributed by atoms with Crippen LogP contribution in [0.5, 0.6) is 0 Å². The van der Waals surface area contributed by atoms with Gasteiger partial charge in [0.1, 0.15) is 0 Å². The van der Waals surface area contributed by atoms with Crippen LogP contribution in [0, 0.1) is 0 Å². The third-order valence-corrected chi connectivity index (χ3v) is 5.33. The summed E-state index contributed by atoms with van der Waals surface area (Å²) in [7, 11) is 0. The van der Waals surface area contributed by atoms with Gasteiger partial charge in [0.2, 0.25) is 0 Å². The Kier molecular flexibility index (Phi) is 5.48. The van der Waals surface area contributed by atoms with Crippen molar-refractivity contribution in [3.63, 3.8) is 0 Å². The van der Waals surface area contributed by atoms with Gasteiger partial charge in [-0.2, -0.15) is 0 Å². The summed E-state index contributed by atoms with van der Waals surface area (Å²) in [5.41, 5.74) is 2.46. The Bertz CT molecular complexity index is 890. The summed E-state index contributed by atoms with van der Waals surface area (Å²) in [6, 6.07) is 17.1. The van der Waals surface area contributed by atoms with Crippen molar-refractivity contribution in [1.29, 1.82) is 0 Å². The Labute approximate surface area is 161 Å². The first kappa shape index (κ1) is 18.0.